The van der Waals surface area contributed by atoms with Crippen LogP contribution in [0.2, 0.25) is 0 Å². The molecule has 6 nitrogen and oxygen atoms in total. The smallest absolute Gasteiger partial charge is 0.315 e. The van der Waals surface area contributed by atoms with Crippen LogP contribution in [0.5, 0.6) is 0 Å². The van der Waals surface area contributed by atoms with Crippen LogP contribution in [0.4, 0.5) is 11.7 Å². The number of nitrogens with zero attached hydrogens (tertiary/aromatic N) is 3. The van der Waals surface area contributed by atoms with Crippen LogP contribution >= 0.6 is 0 Å². The monoisotopic (exact) mass is 274 g/mol. The molecule has 6 heteroatoms. The van der Waals surface area contributed by atoms with Crippen LogP contribution in [0.15, 0.2) is 35.1 Å². The number of nitrogens with one attached hydrogen (secondary N) is 1. The minimum absolute atomic E-state index is 0.265. The summed E-state index contributed by atoms with van der Waals surface area (Å²) in [6.07, 6.45) is 1.58. The molecule has 0 amide bonds. The summed E-state index contributed by atoms with van der Waals surface area (Å²) in [7, 11) is 0. The van der Waals surface area contributed by atoms with Gasteiger partial charge in [0, 0.05) is 25.3 Å². The summed E-state index contributed by atoms with van der Waals surface area (Å²) in [6.45, 7) is 5.36. The average Bonchev–Trinajstić information content (AvgIpc) is 2.99. The SMILES string of the molecule is CC1CN(c2ccccc2CNc2nnco2)CCO1. The summed E-state index contributed by atoms with van der Waals surface area (Å²) >= 11 is 0. The molecule has 1 saturated heterocycles. The highest BCUT2D eigenvalue weighted by Gasteiger charge is 2.18. The van der Waals surface area contributed by atoms with Crippen molar-refractivity contribution in [1.29, 1.82) is 0 Å². The van der Waals surface area contributed by atoms with Crippen molar-refractivity contribution in [2.24, 2.45) is 0 Å². The number of hydrogen-bond acceptors (Lipinski definition) is 6. The van der Waals surface area contributed by atoms with E-state index in [1.165, 1.54) is 17.6 Å². The van der Waals surface area contributed by atoms with Gasteiger partial charge in [0.1, 0.15) is 0 Å². The largest absolute Gasteiger partial charge is 0.411 e. The third-order valence-corrected chi connectivity index (χ3v) is 3.36. The highest BCUT2D eigenvalue weighted by Crippen LogP contribution is 2.23. The van der Waals surface area contributed by atoms with Crippen LogP contribution in [-0.2, 0) is 11.3 Å². The summed E-state index contributed by atoms with van der Waals surface area (Å²) in [5.74, 6) is 0. The lowest BCUT2D eigenvalue weighted by Crippen LogP contribution is -2.41. The molecule has 1 aromatic carbocycles. The number of morpholine rings is 1. The average molecular weight is 274 g/mol. The van der Waals surface area contributed by atoms with Gasteiger partial charge in [0.05, 0.1) is 12.7 Å². The van der Waals surface area contributed by atoms with E-state index in [1.54, 1.807) is 0 Å². The van der Waals surface area contributed by atoms with Gasteiger partial charge in [-0.05, 0) is 18.6 Å². The van der Waals surface area contributed by atoms with E-state index in [0.29, 0.717) is 12.6 Å². The Morgan fingerprint density at radius 2 is 2.30 bits per heavy atom. The van der Waals surface area contributed by atoms with Crippen molar-refractivity contribution in [3.05, 3.63) is 36.2 Å². The molecule has 3 rings (SSSR count). The predicted octanol–water partition coefficient (Wildman–Crippen LogP) is 1.91. The Hall–Kier alpha value is -2.08. The minimum atomic E-state index is 0.265. The summed E-state index contributed by atoms with van der Waals surface area (Å²) in [6, 6.07) is 8.79. The molecule has 0 spiro atoms. The Bertz CT molecular complexity index is 544. The lowest BCUT2D eigenvalue weighted by atomic mass is 10.1. The fourth-order valence-electron chi connectivity index (χ4n) is 2.43. The molecule has 0 aliphatic carbocycles. The standard InChI is InChI=1S/C14H18N4O2/c1-11-9-18(6-7-19-11)13-5-3-2-4-12(13)8-15-14-17-16-10-20-14/h2-5,10-11H,6-9H2,1H3,(H,15,17). The molecule has 2 aromatic rings. The number of ether oxygens (including phenoxy) is 1. The van der Waals surface area contributed by atoms with E-state index >= 15 is 0 Å². The lowest BCUT2D eigenvalue weighted by Gasteiger charge is -2.34. The van der Waals surface area contributed by atoms with Crippen LogP contribution < -0.4 is 10.2 Å². The first-order valence-electron chi connectivity index (χ1n) is 6.77. The molecule has 0 radical (unpaired) electrons. The summed E-state index contributed by atoms with van der Waals surface area (Å²) in [4.78, 5) is 2.36. The predicted molar refractivity (Wildman–Crippen MR) is 75.7 cm³/mol. The lowest BCUT2D eigenvalue weighted by molar-refractivity contribution is 0.0532. The Balaban J connectivity index is 1.73. The molecule has 20 heavy (non-hydrogen) atoms. The Morgan fingerprint density at radius 3 is 3.10 bits per heavy atom. The van der Waals surface area contributed by atoms with E-state index in [0.717, 1.165) is 19.7 Å². The third-order valence-electron chi connectivity index (χ3n) is 3.36. The van der Waals surface area contributed by atoms with Gasteiger partial charge in [-0.25, -0.2) is 0 Å². The van der Waals surface area contributed by atoms with Gasteiger partial charge in [0.15, 0.2) is 0 Å². The molecule has 1 atom stereocenters. The van der Waals surface area contributed by atoms with Crippen molar-refractivity contribution in [3.8, 4) is 0 Å². The van der Waals surface area contributed by atoms with E-state index < -0.39 is 0 Å². The van der Waals surface area contributed by atoms with Crippen LogP contribution in [-0.4, -0.2) is 36.0 Å². The molecule has 2 heterocycles. The van der Waals surface area contributed by atoms with E-state index in [1.807, 2.05) is 6.07 Å². The van der Waals surface area contributed by atoms with Crippen molar-refractivity contribution < 1.29 is 9.15 Å². The molecule has 1 aromatic heterocycles. The first-order chi connectivity index (χ1) is 9.83. The molecule has 1 N–H and O–H groups in total. The zero-order valence-electron chi connectivity index (χ0n) is 11.5. The van der Waals surface area contributed by atoms with Gasteiger partial charge in [-0.3, -0.25) is 0 Å². The zero-order valence-corrected chi connectivity index (χ0v) is 11.5. The van der Waals surface area contributed by atoms with E-state index in [2.05, 4.69) is 45.5 Å². The minimum Gasteiger partial charge on any atom is -0.411 e. The second-order valence-electron chi connectivity index (χ2n) is 4.85. The summed E-state index contributed by atoms with van der Waals surface area (Å²) in [5, 5.41) is 10.6. The van der Waals surface area contributed by atoms with Crippen LogP contribution in [0, 0.1) is 0 Å². The first kappa shape index (κ1) is 12.9. The summed E-state index contributed by atoms with van der Waals surface area (Å²) in [5.41, 5.74) is 2.44. The molecule has 1 fully saturated rings. The van der Waals surface area contributed by atoms with E-state index in [9.17, 15) is 0 Å². The number of para-hydroxylation sites is 1. The third kappa shape index (κ3) is 2.91. The molecule has 1 aliphatic rings. The van der Waals surface area contributed by atoms with Crippen molar-refractivity contribution in [1.82, 2.24) is 10.2 Å². The molecule has 0 bridgehead atoms. The second-order valence-corrected chi connectivity index (χ2v) is 4.85. The highest BCUT2D eigenvalue weighted by atomic mass is 16.5. The van der Waals surface area contributed by atoms with Crippen LogP contribution in [0.25, 0.3) is 0 Å². The number of hydrogen-bond donors (Lipinski definition) is 1. The number of benzene rings is 1. The van der Waals surface area contributed by atoms with Gasteiger partial charge < -0.3 is 19.4 Å². The molecule has 1 unspecified atom stereocenters. The maximum Gasteiger partial charge on any atom is 0.315 e. The highest BCUT2D eigenvalue weighted by molar-refractivity contribution is 5.54. The normalized spacial score (nSPS) is 19.1. The van der Waals surface area contributed by atoms with Gasteiger partial charge >= 0.3 is 6.01 Å². The van der Waals surface area contributed by atoms with Crippen LogP contribution in [0.1, 0.15) is 12.5 Å². The molecule has 0 saturated carbocycles. The van der Waals surface area contributed by atoms with Crippen molar-refractivity contribution in [2.75, 3.05) is 29.9 Å². The maximum atomic E-state index is 5.60. The second kappa shape index (κ2) is 5.92. The van der Waals surface area contributed by atoms with Crippen molar-refractivity contribution in [2.45, 2.75) is 19.6 Å². The van der Waals surface area contributed by atoms with Crippen molar-refractivity contribution in [3.63, 3.8) is 0 Å². The Labute approximate surface area is 117 Å². The fourth-order valence-corrected chi connectivity index (χ4v) is 2.43. The first-order valence-corrected chi connectivity index (χ1v) is 6.77. The topological polar surface area (TPSA) is 63.4 Å². The molecular weight excluding hydrogens is 256 g/mol. The quantitative estimate of drug-likeness (QED) is 0.918. The molecule has 106 valence electrons. The zero-order chi connectivity index (χ0) is 13.8. The van der Waals surface area contributed by atoms with Gasteiger partial charge in [0.2, 0.25) is 6.39 Å². The van der Waals surface area contributed by atoms with Gasteiger partial charge in [-0.1, -0.05) is 23.3 Å². The number of aromatic nitrogens is 2. The van der Waals surface area contributed by atoms with Gasteiger partial charge in [-0.15, -0.1) is 5.10 Å². The fraction of sp³-hybridized carbons (Fsp3) is 0.429. The molecular formula is C14H18N4O2. The molecule has 1 aliphatic heterocycles. The van der Waals surface area contributed by atoms with E-state index in [4.69, 9.17) is 9.15 Å². The maximum absolute atomic E-state index is 5.60. The van der Waals surface area contributed by atoms with E-state index in [-0.39, 0.29) is 6.10 Å². The Morgan fingerprint density at radius 1 is 1.40 bits per heavy atom. The Kier molecular flexibility index (Phi) is 3.83. The number of rotatable bonds is 4. The van der Waals surface area contributed by atoms with Gasteiger partial charge in [0.25, 0.3) is 0 Å². The summed E-state index contributed by atoms with van der Waals surface area (Å²) < 4.78 is 10.7. The van der Waals surface area contributed by atoms with Crippen molar-refractivity contribution >= 4 is 11.7 Å². The van der Waals surface area contributed by atoms with Crippen LogP contribution in [0.3, 0.4) is 0 Å². The van der Waals surface area contributed by atoms with Gasteiger partial charge in [-0.2, -0.15) is 0 Å². The number of anilines is 2.